The molecule has 0 aromatic heterocycles. The molecule has 0 bridgehead atoms. The first-order valence-corrected chi connectivity index (χ1v) is 8.74. The number of hydrogen-bond acceptors (Lipinski definition) is 4. The Bertz CT molecular complexity index is 564. The Morgan fingerprint density at radius 1 is 1.42 bits per heavy atom. The molecule has 1 atom stereocenters. The van der Waals surface area contributed by atoms with Crippen molar-refractivity contribution in [3.05, 3.63) is 29.8 Å². The Morgan fingerprint density at radius 2 is 2.05 bits per heavy atom. The van der Waals surface area contributed by atoms with Crippen LogP contribution in [-0.4, -0.2) is 37.8 Å². The third kappa shape index (κ3) is 3.72. The Balaban J connectivity index is 3.07. The van der Waals surface area contributed by atoms with Gasteiger partial charge in [0.1, 0.15) is 6.07 Å². The second-order valence-corrected chi connectivity index (χ2v) is 7.21. The third-order valence-corrected chi connectivity index (χ3v) is 5.70. The van der Waals surface area contributed by atoms with Crippen molar-refractivity contribution < 1.29 is 8.42 Å². The molecule has 0 saturated carbocycles. The minimum absolute atomic E-state index is 0.0796. The number of rotatable bonds is 6. The highest BCUT2D eigenvalue weighted by Crippen LogP contribution is 2.21. The zero-order valence-corrected chi connectivity index (χ0v) is 13.0. The van der Waals surface area contributed by atoms with E-state index in [2.05, 4.69) is 0 Å². The van der Waals surface area contributed by atoms with Crippen LogP contribution in [0.4, 0.5) is 0 Å². The summed E-state index contributed by atoms with van der Waals surface area (Å²) in [7, 11) is -2.05. The average Bonchev–Trinajstić information content (AvgIpc) is 2.43. The third-order valence-electron chi connectivity index (χ3n) is 3.03. The van der Waals surface area contributed by atoms with Crippen LogP contribution in [0.1, 0.15) is 18.9 Å². The van der Waals surface area contributed by atoms with Gasteiger partial charge in [-0.05, 0) is 37.5 Å². The lowest BCUT2D eigenvalue weighted by molar-refractivity contribution is 0.382. The van der Waals surface area contributed by atoms with Gasteiger partial charge in [0.15, 0.2) is 0 Å². The van der Waals surface area contributed by atoms with Crippen LogP contribution in [0.3, 0.4) is 0 Å². The Morgan fingerprint density at radius 3 is 2.63 bits per heavy atom. The lowest BCUT2D eigenvalue weighted by atomic mass is 10.2. The van der Waals surface area contributed by atoms with E-state index in [0.717, 1.165) is 12.2 Å². The molecule has 0 heterocycles. The summed E-state index contributed by atoms with van der Waals surface area (Å²) in [6.07, 6.45) is 2.78. The highest BCUT2D eigenvalue weighted by atomic mass is 32.2. The standard InChI is InChI=1S/C13H18N2O2S2/c1-11(8-9-18-3)15(2)19(16,17)13-7-5-4-6-12(13)10-14/h4-7,11H,8-9H2,1-3H3. The van der Waals surface area contributed by atoms with Gasteiger partial charge >= 0.3 is 0 Å². The minimum atomic E-state index is -3.61. The monoisotopic (exact) mass is 298 g/mol. The SMILES string of the molecule is CSCCC(C)N(C)S(=O)(=O)c1ccccc1C#N. The van der Waals surface area contributed by atoms with E-state index in [9.17, 15) is 8.42 Å². The van der Waals surface area contributed by atoms with Gasteiger partial charge in [0.25, 0.3) is 0 Å². The first-order chi connectivity index (χ1) is 8.95. The molecule has 0 N–H and O–H groups in total. The van der Waals surface area contributed by atoms with Gasteiger partial charge in [0.05, 0.1) is 10.5 Å². The first kappa shape index (κ1) is 16.0. The van der Waals surface area contributed by atoms with Crippen LogP contribution in [0, 0.1) is 11.3 Å². The quantitative estimate of drug-likeness (QED) is 0.808. The van der Waals surface area contributed by atoms with E-state index in [-0.39, 0.29) is 16.5 Å². The number of benzene rings is 1. The van der Waals surface area contributed by atoms with E-state index in [4.69, 9.17) is 5.26 Å². The van der Waals surface area contributed by atoms with Gasteiger partial charge in [-0.3, -0.25) is 0 Å². The van der Waals surface area contributed by atoms with Gasteiger partial charge in [0, 0.05) is 13.1 Å². The molecule has 19 heavy (non-hydrogen) atoms. The van der Waals surface area contributed by atoms with Gasteiger partial charge in [-0.25, -0.2) is 8.42 Å². The van der Waals surface area contributed by atoms with Crippen molar-refractivity contribution in [2.45, 2.75) is 24.3 Å². The van der Waals surface area contributed by atoms with E-state index in [1.54, 1.807) is 30.9 Å². The molecule has 104 valence electrons. The zero-order chi connectivity index (χ0) is 14.5. The number of sulfonamides is 1. The lowest BCUT2D eigenvalue weighted by Gasteiger charge is -2.24. The second kappa shape index (κ2) is 6.94. The summed E-state index contributed by atoms with van der Waals surface area (Å²) in [5.74, 6) is 0.904. The maximum atomic E-state index is 12.5. The molecule has 0 aliphatic carbocycles. The average molecular weight is 298 g/mol. The van der Waals surface area contributed by atoms with Crippen molar-refractivity contribution in [2.75, 3.05) is 19.1 Å². The predicted octanol–water partition coefficient (Wildman–Crippen LogP) is 2.32. The van der Waals surface area contributed by atoms with Crippen molar-refractivity contribution >= 4 is 21.8 Å². The molecule has 0 aliphatic heterocycles. The number of nitriles is 1. The molecule has 1 rings (SSSR count). The summed E-state index contributed by atoms with van der Waals surface area (Å²) in [6.45, 7) is 1.88. The lowest BCUT2D eigenvalue weighted by Crippen LogP contribution is -2.35. The summed E-state index contributed by atoms with van der Waals surface area (Å²) >= 11 is 1.69. The Labute approximate surface area is 119 Å². The molecule has 1 unspecified atom stereocenters. The first-order valence-electron chi connectivity index (χ1n) is 5.91. The number of hydrogen-bond donors (Lipinski definition) is 0. The van der Waals surface area contributed by atoms with Crippen LogP contribution >= 0.6 is 11.8 Å². The van der Waals surface area contributed by atoms with Crippen LogP contribution in [-0.2, 0) is 10.0 Å². The number of thioether (sulfide) groups is 1. The summed E-state index contributed by atoms with van der Waals surface area (Å²) in [6, 6.07) is 8.13. The molecule has 1 aromatic carbocycles. The van der Waals surface area contributed by atoms with Crippen LogP contribution in [0.2, 0.25) is 0 Å². The normalized spacial score (nSPS) is 13.2. The molecule has 1 aromatic rings. The van der Waals surface area contributed by atoms with E-state index in [0.29, 0.717) is 0 Å². The Kier molecular flexibility index (Phi) is 5.85. The predicted molar refractivity (Wildman–Crippen MR) is 78.6 cm³/mol. The molecule has 0 amide bonds. The van der Waals surface area contributed by atoms with E-state index < -0.39 is 10.0 Å². The molecular weight excluding hydrogens is 280 g/mol. The maximum Gasteiger partial charge on any atom is 0.244 e. The molecular formula is C13H18N2O2S2. The molecule has 0 radical (unpaired) electrons. The van der Waals surface area contributed by atoms with Crippen LogP contribution in [0.5, 0.6) is 0 Å². The molecule has 6 heteroatoms. The zero-order valence-electron chi connectivity index (χ0n) is 11.3. The van der Waals surface area contributed by atoms with Crippen LogP contribution in [0.15, 0.2) is 29.2 Å². The molecule has 0 fully saturated rings. The van der Waals surface area contributed by atoms with E-state index in [1.807, 2.05) is 19.2 Å². The minimum Gasteiger partial charge on any atom is -0.207 e. The van der Waals surface area contributed by atoms with Crippen molar-refractivity contribution in [1.82, 2.24) is 4.31 Å². The smallest absolute Gasteiger partial charge is 0.207 e. The topological polar surface area (TPSA) is 61.2 Å². The molecule has 0 spiro atoms. The van der Waals surface area contributed by atoms with Crippen molar-refractivity contribution in [2.24, 2.45) is 0 Å². The van der Waals surface area contributed by atoms with Gasteiger partial charge in [0.2, 0.25) is 10.0 Å². The van der Waals surface area contributed by atoms with Gasteiger partial charge in [-0.15, -0.1) is 0 Å². The van der Waals surface area contributed by atoms with Crippen LogP contribution in [0.25, 0.3) is 0 Å². The van der Waals surface area contributed by atoms with Gasteiger partial charge in [-0.2, -0.15) is 21.3 Å². The van der Waals surface area contributed by atoms with Gasteiger partial charge < -0.3 is 0 Å². The summed E-state index contributed by atoms with van der Waals surface area (Å²) < 4.78 is 26.3. The van der Waals surface area contributed by atoms with Crippen molar-refractivity contribution in [3.8, 4) is 6.07 Å². The van der Waals surface area contributed by atoms with Crippen LogP contribution < -0.4 is 0 Å². The highest BCUT2D eigenvalue weighted by Gasteiger charge is 2.27. The summed E-state index contributed by atoms with van der Waals surface area (Å²) in [5, 5.41) is 9.01. The molecule has 0 aliphatic rings. The van der Waals surface area contributed by atoms with Crippen molar-refractivity contribution in [3.63, 3.8) is 0 Å². The fourth-order valence-electron chi connectivity index (χ4n) is 1.65. The van der Waals surface area contributed by atoms with E-state index >= 15 is 0 Å². The summed E-state index contributed by atoms with van der Waals surface area (Å²) in [4.78, 5) is 0.0796. The second-order valence-electron chi connectivity index (χ2n) is 4.26. The molecule has 4 nitrogen and oxygen atoms in total. The van der Waals surface area contributed by atoms with Crippen molar-refractivity contribution in [1.29, 1.82) is 5.26 Å². The Hall–Kier alpha value is -1.03. The highest BCUT2D eigenvalue weighted by molar-refractivity contribution is 7.98. The fraction of sp³-hybridized carbons (Fsp3) is 0.462. The maximum absolute atomic E-state index is 12.5. The van der Waals surface area contributed by atoms with E-state index in [1.165, 1.54) is 16.4 Å². The summed E-state index contributed by atoms with van der Waals surface area (Å²) in [5.41, 5.74) is 0.186. The van der Waals surface area contributed by atoms with Gasteiger partial charge in [-0.1, -0.05) is 12.1 Å². The number of nitrogens with zero attached hydrogens (tertiary/aromatic N) is 2. The fourth-order valence-corrected chi connectivity index (χ4v) is 3.75. The molecule has 0 saturated heterocycles. The largest absolute Gasteiger partial charge is 0.244 e.